The highest BCUT2D eigenvalue weighted by molar-refractivity contribution is 6.00. The van der Waals surface area contributed by atoms with E-state index in [2.05, 4.69) is 63.1 Å². The van der Waals surface area contributed by atoms with Crippen LogP contribution < -0.4 is 25.6 Å². The van der Waals surface area contributed by atoms with Crippen molar-refractivity contribution >= 4 is 39.6 Å². The van der Waals surface area contributed by atoms with E-state index >= 15 is 0 Å². The Morgan fingerprint density at radius 1 is 1.05 bits per heavy atom. The molecule has 210 valence electrons. The molecule has 0 bridgehead atoms. The van der Waals surface area contributed by atoms with Crippen molar-refractivity contribution < 1.29 is 4.74 Å². The van der Waals surface area contributed by atoms with Crippen molar-refractivity contribution in [2.75, 3.05) is 75.3 Å². The van der Waals surface area contributed by atoms with Gasteiger partial charge >= 0.3 is 0 Å². The number of aryl methyl sites for hydroxylation is 2. The molecule has 2 aliphatic rings. The number of nitrogens with two attached hydrogens (primary N) is 1. The topological polar surface area (TPSA) is 87.7 Å². The molecule has 3 N–H and O–H groups in total. The van der Waals surface area contributed by atoms with Crippen LogP contribution in [0.5, 0.6) is 5.75 Å². The van der Waals surface area contributed by atoms with Crippen LogP contribution in [0, 0.1) is 0 Å². The summed E-state index contributed by atoms with van der Waals surface area (Å²) < 4.78 is 8.19. The van der Waals surface area contributed by atoms with E-state index in [0.29, 0.717) is 17.4 Å². The lowest BCUT2D eigenvalue weighted by Crippen LogP contribution is -2.29. The molecule has 4 heterocycles. The maximum absolute atomic E-state index is 6.53. The van der Waals surface area contributed by atoms with Crippen molar-refractivity contribution in [2.45, 2.75) is 32.2 Å². The summed E-state index contributed by atoms with van der Waals surface area (Å²) in [6, 6.07) is 10.6. The van der Waals surface area contributed by atoms with Gasteiger partial charge in [0.2, 0.25) is 5.95 Å². The van der Waals surface area contributed by atoms with Crippen molar-refractivity contribution in [3.05, 3.63) is 48.3 Å². The van der Waals surface area contributed by atoms with Crippen LogP contribution in [-0.2, 0) is 13.0 Å². The molecule has 1 fully saturated rings. The maximum atomic E-state index is 6.53. The van der Waals surface area contributed by atoms with Crippen molar-refractivity contribution in [2.24, 2.45) is 0 Å². The van der Waals surface area contributed by atoms with Crippen LogP contribution in [0.15, 0.2) is 42.7 Å². The summed E-state index contributed by atoms with van der Waals surface area (Å²) in [5, 5.41) is 4.68. The van der Waals surface area contributed by atoms with E-state index in [1.54, 1.807) is 7.11 Å². The second-order valence-corrected chi connectivity index (χ2v) is 11.2. The van der Waals surface area contributed by atoms with E-state index in [1.165, 1.54) is 29.3 Å². The molecule has 2 aromatic carbocycles. The Kier molecular flexibility index (Phi) is 7.14. The first-order chi connectivity index (χ1) is 19.4. The third kappa shape index (κ3) is 4.90. The zero-order valence-corrected chi connectivity index (χ0v) is 24.1. The Labute approximate surface area is 236 Å². The van der Waals surface area contributed by atoms with Crippen LogP contribution in [-0.4, -0.2) is 73.9 Å². The summed E-state index contributed by atoms with van der Waals surface area (Å²) in [7, 11) is 7.86. The van der Waals surface area contributed by atoms with E-state index < -0.39 is 0 Å². The zero-order chi connectivity index (χ0) is 27.8. The number of anilines is 5. The van der Waals surface area contributed by atoms with Gasteiger partial charge in [-0.1, -0.05) is 18.2 Å². The summed E-state index contributed by atoms with van der Waals surface area (Å²) in [4.78, 5) is 16.6. The highest BCUT2D eigenvalue weighted by Crippen LogP contribution is 2.41. The fraction of sp³-hybridized carbons (Fsp3) is 0.419. The maximum Gasteiger partial charge on any atom is 0.227 e. The lowest BCUT2D eigenvalue weighted by molar-refractivity contribution is 0.413. The van der Waals surface area contributed by atoms with Gasteiger partial charge in [0.25, 0.3) is 0 Å². The molecule has 4 aromatic rings. The van der Waals surface area contributed by atoms with Crippen molar-refractivity contribution in [1.29, 1.82) is 0 Å². The fourth-order valence-corrected chi connectivity index (χ4v) is 6.04. The number of nitrogens with one attached hydrogen (secondary N) is 1. The van der Waals surface area contributed by atoms with Gasteiger partial charge in [0.15, 0.2) is 0 Å². The van der Waals surface area contributed by atoms with Gasteiger partial charge in [0.1, 0.15) is 11.4 Å². The number of nitrogen functional groups attached to an aromatic ring is 1. The smallest absolute Gasteiger partial charge is 0.227 e. The van der Waals surface area contributed by atoms with Gasteiger partial charge in [0.05, 0.1) is 41.6 Å². The van der Waals surface area contributed by atoms with Crippen LogP contribution in [0.2, 0.25) is 0 Å². The number of aromatic nitrogens is 3. The van der Waals surface area contributed by atoms with Crippen molar-refractivity contribution in [3.8, 4) is 17.0 Å². The molecule has 9 nitrogen and oxygen atoms in total. The standard InChI is InChI=1S/C31H40N8O/c1-36(2)15-16-37(3)26-18-28(40-4)25(17-24(26)32)34-31-33-19-27(38-12-5-6-13-38)29(35-31)23-20-39-14-8-10-21-9-7-11-22(23)30(21)39/h7,9,11,17-20H,5-6,8,10,12-16,32H2,1-4H3,(H,33,34,35). The number of benzene rings is 2. The molecule has 40 heavy (non-hydrogen) atoms. The minimum Gasteiger partial charge on any atom is -0.494 e. The van der Waals surface area contributed by atoms with Crippen LogP contribution in [0.4, 0.5) is 28.7 Å². The highest BCUT2D eigenvalue weighted by Gasteiger charge is 2.24. The molecule has 9 heteroatoms. The molecule has 2 aromatic heterocycles. The molecular weight excluding hydrogens is 500 g/mol. The molecule has 0 saturated carbocycles. The fourth-order valence-electron chi connectivity index (χ4n) is 6.04. The molecule has 1 saturated heterocycles. The van der Waals surface area contributed by atoms with Crippen molar-refractivity contribution in [1.82, 2.24) is 19.4 Å². The average Bonchev–Trinajstić information content (AvgIpc) is 3.62. The molecule has 2 aliphatic heterocycles. The number of hydrogen-bond donors (Lipinski definition) is 2. The third-order valence-corrected chi connectivity index (χ3v) is 8.19. The second-order valence-electron chi connectivity index (χ2n) is 11.2. The number of para-hydroxylation sites is 1. The Balaban J connectivity index is 1.39. The minimum atomic E-state index is 0.524. The normalized spacial score (nSPS) is 14.8. The summed E-state index contributed by atoms with van der Waals surface area (Å²) >= 11 is 0. The van der Waals surface area contributed by atoms with Gasteiger partial charge in [0, 0.05) is 63.0 Å². The quantitative estimate of drug-likeness (QED) is 0.288. The Bertz CT molecular complexity index is 1520. The predicted molar refractivity (Wildman–Crippen MR) is 165 cm³/mol. The number of nitrogens with zero attached hydrogens (tertiary/aromatic N) is 6. The number of likely N-dealkylation sites (N-methyl/N-ethyl adjacent to an activating group) is 2. The van der Waals surface area contributed by atoms with E-state index in [-0.39, 0.29) is 0 Å². The summed E-state index contributed by atoms with van der Waals surface area (Å²) in [5.74, 6) is 1.22. The first-order valence-electron chi connectivity index (χ1n) is 14.3. The first kappa shape index (κ1) is 26.3. The number of ether oxygens (including phenoxy) is 1. The SMILES string of the molecule is COc1cc(N(C)CCN(C)C)c(N)cc1Nc1ncc(N2CCCC2)c(-c2cn3c4c(cccc24)CCC3)n1. The number of methoxy groups -OCH3 is 1. The largest absolute Gasteiger partial charge is 0.494 e. The molecular formula is C31H40N8O. The van der Waals surface area contributed by atoms with Crippen LogP contribution in [0.3, 0.4) is 0 Å². The monoisotopic (exact) mass is 540 g/mol. The zero-order valence-electron chi connectivity index (χ0n) is 24.1. The molecule has 6 rings (SSSR count). The van der Waals surface area contributed by atoms with Crippen LogP contribution in [0.1, 0.15) is 24.8 Å². The van der Waals surface area contributed by atoms with E-state index in [9.17, 15) is 0 Å². The van der Waals surface area contributed by atoms with Gasteiger partial charge in [-0.05, 0) is 51.4 Å². The summed E-state index contributed by atoms with van der Waals surface area (Å²) in [6.45, 7) is 4.87. The Morgan fingerprint density at radius 3 is 2.65 bits per heavy atom. The average molecular weight is 541 g/mol. The third-order valence-electron chi connectivity index (χ3n) is 8.19. The predicted octanol–water partition coefficient (Wildman–Crippen LogP) is 4.98. The molecule has 0 aliphatic carbocycles. The van der Waals surface area contributed by atoms with Crippen LogP contribution in [0.25, 0.3) is 22.2 Å². The van der Waals surface area contributed by atoms with Gasteiger partial charge in [-0.2, -0.15) is 0 Å². The highest BCUT2D eigenvalue weighted by atomic mass is 16.5. The lowest BCUT2D eigenvalue weighted by Gasteiger charge is -2.24. The molecule has 0 amide bonds. The minimum absolute atomic E-state index is 0.524. The Hall–Kier alpha value is -3.98. The van der Waals surface area contributed by atoms with E-state index in [1.807, 2.05) is 25.4 Å². The molecule has 0 atom stereocenters. The lowest BCUT2D eigenvalue weighted by atomic mass is 10.0. The number of rotatable bonds is 9. The summed E-state index contributed by atoms with van der Waals surface area (Å²) in [6.07, 6.45) is 8.93. The second kappa shape index (κ2) is 10.9. The van der Waals surface area contributed by atoms with Crippen molar-refractivity contribution in [3.63, 3.8) is 0 Å². The molecule has 0 radical (unpaired) electrons. The van der Waals surface area contributed by atoms with E-state index in [4.69, 9.17) is 20.4 Å². The Morgan fingerprint density at radius 2 is 1.88 bits per heavy atom. The van der Waals surface area contributed by atoms with Gasteiger partial charge in [-0.25, -0.2) is 9.97 Å². The van der Waals surface area contributed by atoms with Gasteiger partial charge in [-0.3, -0.25) is 0 Å². The first-order valence-corrected chi connectivity index (χ1v) is 14.3. The van der Waals surface area contributed by atoms with Gasteiger partial charge < -0.3 is 35.1 Å². The van der Waals surface area contributed by atoms with E-state index in [0.717, 1.165) is 73.9 Å². The summed E-state index contributed by atoms with van der Waals surface area (Å²) in [5.41, 5.74) is 14.9. The molecule has 0 unspecified atom stereocenters. The van der Waals surface area contributed by atoms with Crippen LogP contribution >= 0.6 is 0 Å². The number of hydrogen-bond acceptors (Lipinski definition) is 8. The van der Waals surface area contributed by atoms with Gasteiger partial charge in [-0.15, -0.1) is 0 Å². The molecule has 0 spiro atoms.